The molecule has 3 N–H and O–H groups in total. The van der Waals surface area contributed by atoms with Crippen molar-refractivity contribution in [3.63, 3.8) is 0 Å². The van der Waals surface area contributed by atoms with Gasteiger partial charge in [0.05, 0.1) is 6.04 Å². The van der Waals surface area contributed by atoms with Gasteiger partial charge in [-0.25, -0.2) is 0 Å². The molecule has 1 aliphatic heterocycles. The molecule has 0 amide bonds. The van der Waals surface area contributed by atoms with Crippen LogP contribution < -0.4 is 11.1 Å². The molecule has 3 rings (SSSR count). The van der Waals surface area contributed by atoms with Gasteiger partial charge in [0.25, 0.3) is 0 Å². The monoisotopic (exact) mass is 282 g/mol. The van der Waals surface area contributed by atoms with Crippen molar-refractivity contribution in [1.29, 1.82) is 0 Å². The van der Waals surface area contributed by atoms with Gasteiger partial charge in [0.1, 0.15) is 0 Å². The molecule has 0 aromatic heterocycles. The van der Waals surface area contributed by atoms with Crippen molar-refractivity contribution in [2.24, 2.45) is 0 Å². The fourth-order valence-electron chi connectivity index (χ4n) is 2.77. The second kappa shape index (κ2) is 5.73. The maximum Gasteiger partial charge on any atom is 0.0646 e. The molecule has 0 aliphatic carbocycles. The van der Waals surface area contributed by atoms with Crippen LogP contribution in [0, 0.1) is 0 Å². The predicted molar refractivity (Wildman–Crippen MR) is 88.0 cm³/mol. The molecular weight excluding hydrogens is 264 g/mol. The van der Waals surface area contributed by atoms with E-state index >= 15 is 0 Å². The van der Waals surface area contributed by atoms with Gasteiger partial charge in [-0.3, -0.25) is 0 Å². The zero-order valence-corrected chi connectivity index (χ0v) is 12.1. The molecule has 0 saturated heterocycles. The zero-order valence-electron chi connectivity index (χ0n) is 11.3. The van der Waals surface area contributed by atoms with E-state index in [4.69, 9.17) is 18.0 Å². The van der Waals surface area contributed by atoms with Gasteiger partial charge in [0, 0.05) is 23.5 Å². The van der Waals surface area contributed by atoms with Crippen molar-refractivity contribution in [3.05, 3.63) is 65.2 Å². The summed E-state index contributed by atoms with van der Waals surface area (Å²) in [7, 11) is 0. The first kappa shape index (κ1) is 13.3. The number of thiocarbonyl (C=S) groups is 1. The number of benzene rings is 2. The van der Waals surface area contributed by atoms with Crippen LogP contribution in [0.5, 0.6) is 0 Å². The van der Waals surface area contributed by atoms with Gasteiger partial charge >= 0.3 is 0 Å². The lowest BCUT2D eigenvalue weighted by Gasteiger charge is -2.28. The molecule has 1 atom stereocenters. The second-order valence-corrected chi connectivity index (χ2v) is 5.75. The van der Waals surface area contributed by atoms with Crippen LogP contribution in [0.25, 0.3) is 0 Å². The van der Waals surface area contributed by atoms with Crippen LogP contribution in [0.15, 0.2) is 48.5 Å². The van der Waals surface area contributed by atoms with Gasteiger partial charge in [0.15, 0.2) is 0 Å². The number of hydrogen-bond donors (Lipinski definition) is 2. The van der Waals surface area contributed by atoms with Crippen LogP contribution in [-0.4, -0.2) is 11.4 Å². The number of nitrogen functional groups attached to an aromatic ring is 1. The SMILES string of the molecule is Nc1ccc2c(c1)CCNC2C(=S)Cc1ccccc1. The van der Waals surface area contributed by atoms with Crippen molar-refractivity contribution < 1.29 is 0 Å². The highest BCUT2D eigenvalue weighted by Gasteiger charge is 2.23. The van der Waals surface area contributed by atoms with E-state index in [-0.39, 0.29) is 6.04 Å². The lowest BCUT2D eigenvalue weighted by atomic mass is 9.90. The standard InChI is InChI=1S/C17H18N2S/c18-14-6-7-15-13(11-14)8-9-19-17(15)16(20)10-12-4-2-1-3-5-12/h1-7,11,17,19H,8-10,18H2. The minimum absolute atomic E-state index is 0.162. The van der Waals surface area contributed by atoms with E-state index in [1.54, 1.807) is 0 Å². The van der Waals surface area contributed by atoms with E-state index in [9.17, 15) is 0 Å². The smallest absolute Gasteiger partial charge is 0.0646 e. The molecule has 0 fully saturated rings. The molecule has 2 nitrogen and oxygen atoms in total. The number of rotatable bonds is 3. The Hall–Kier alpha value is -1.71. The molecule has 0 spiro atoms. The molecule has 0 bridgehead atoms. The molecule has 0 saturated carbocycles. The van der Waals surface area contributed by atoms with Gasteiger partial charge in [-0.05, 0) is 35.2 Å². The Morgan fingerprint density at radius 2 is 2.00 bits per heavy atom. The predicted octanol–water partition coefficient (Wildman–Crippen LogP) is 3.07. The Bertz CT molecular complexity index is 622. The first-order valence-electron chi connectivity index (χ1n) is 6.92. The Labute approximate surface area is 125 Å². The quantitative estimate of drug-likeness (QED) is 0.671. The van der Waals surface area contributed by atoms with Crippen molar-refractivity contribution in [3.8, 4) is 0 Å². The number of nitrogens with one attached hydrogen (secondary N) is 1. The zero-order chi connectivity index (χ0) is 13.9. The average molecular weight is 282 g/mol. The number of nitrogens with two attached hydrogens (primary N) is 1. The molecule has 1 unspecified atom stereocenters. The minimum atomic E-state index is 0.162. The maximum atomic E-state index is 5.87. The third kappa shape index (κ3) is 2.74. The first-order valence-corrected chi connectivity index (χ1v) is 7.33. The highest BCUT2D eigenvalue weighted by molar-refractivity contribution is 7.80. The third-order valence-electron chi connectivity index (χ3n) is 3.76. The summed E-state index contributed by atoms with van der Waals surface area (Å²) in [6.45, 7) is 0.954. The highest BCUT2D eigenvalue weighted by atomic mass is 32.1. The van der Waals surface area contributed by atoms with Gasteiger partial charge < -0.3 is 11.1 Å². The molecule has 1 heterocycles. The summed E-state index contributed by atoms with van der Waals surface area (Å²) in [4.78, 5) is 1.04. The molecule has 3 heteroatoms. The minimum Gasteiger partial charge on any atom is -0.399 e. The van der Waals surface area contributed by atoms with Crippen LogP contribution >= 0.6 is 12.2 Å². The first-order chi connectivity index (χ1) is 9.74. The van der Waals surface area contributed by atoms with Crippen molar-refractivity contribution in [2.75, 3.05) is 12.3 Å². The third-order valence-corrected chi connectivity index (χ3v) is 4.14. The normalized spacial score (nSPS) is 17.5. The summed E-state index contributed by atoms with van der Waals surface area (Å²) < 4.78 is 0. The van der Waals surface area contributed by atoms with Crippen molar-refractivity contribution >= 4 is 22.8 Å². The summed E-state index contributed by atoms with van der Waals surface area (Å²) in [5.41, 5.74) is 10.6. The summed E-state index contributed by atoms with van der Waals surface area (Å²) >= 11 is 5.67. The summed E-state index contributed by atoms with van der Waals surface area (Å²) in [5.74, 6) is 0. The number of hydrogen-bond acceptors (Lipinski definition) is 3. The van der Waals surface area contributed by atoms with Crippen LogP contribution in [0.3, 0.4) is 0 Å². The van der Waals surface area contributed by atoms with Crippen LogP contribution in [0.4, 0.5) is 5.69 Å². The van der Waals surface area contributed by atoms with Gasteiger partial charge in [0.2, 0.25) is 0 Å². The van der Waals surface area contributed by atoms with Gasteiger partial charge in [-0.2, -0.15) is 0 Å². The fourth-order valence-corrected chi connectivity index (χ4v) is 3.15. The van der Waals surface area contributed by atoms with Gasteiger partial charge in [-0.1, -0.05) is 48.6 Å². The topological polar surface area (TPSA) is 38.0 Å². The Morgan fingerprint density at radius 1 is 1.20 bits per heavy atom. The molecule has 2 aromatic carbocycles. The Kier molecular flexibility index (Phi) is 3.81. The van der Waals surface area contributed by atoms with Crippen molar-refractivity contribution in [1.82, 2.24) is 5.32 Å². The maximum absolute atomic E-state index is 5.87. The molecule has 2 aromatic rings. The van der Waals surface area contributed by atoms with E-state index < -0.39 is 0 Å². The molecular formula is C17H18N2S. The van der Waals surface area contributed by atoms with Crippen LogP contribution in [0.2, 0.25) is 0 Å². The Morgan fingerprint density at radius 3 is 2.80 bits per heavy atom. The van der Waals surface area contributed by atoms with E-state index in [1.807, 2.05) is 12.1 Å². The lowest BCUT2D eigenvalue weighted by molar-refractivity contribution is 0.604. The molecule has 0 radical (unpaired) electrons. The average Bonchev–Trinajstić information content (AvgIpc) is 2.47. The fraction of sp³-hybridized carbons (Fsp3) is 0.235. The molecule has 20 heavy (non-hydrogen) atoms. The molecule has 1 aliphatic rings. The number of fused-ring (bicyclic) bond motifs is 1. The van der Waals surface area contributed by atoms with E-state index in [2.05, 4.69) is 41.7 Å². The summed E-state index contributed by atoms with van der Waals surface area (Å²) in [6, 6.07) is 16.7. The second-order valence-electron chi connectivity index (χ2n) is 5.22. The van der Waals surface area contributed by atoms with Crippen LogP contribution in [0.1, 0.15) is 22.7 Å². The Balaban J connectivity index is 1.83. The van der Waals surface area contributed by atoms with E-state index in [1.165, 1.54) is 16.7 Å². The van der Waals surface area contributed by atoms with Gasteiger partial charge in [-0.15, -0.1) is 0 Å². The molecule has 102 valence electrons. The summed E-state index contributed by atoms with van der Waals surface area (Å²) in [6.07, 6.45) is 1.85. The van der Waals surface area contributed by atoms with Crippen LogP contribution in [-0.2, 0) is 12.8 Å². The summed E-state index contributed by atoms with van der Waals surface area (Å²) in [5, 5.41) is 3.53. The van der Waals surface area contributed by atoms with E-state index in [0.717, 1.165) is 29.9 Å². The van der Waals surface area contributed by atoms with Crippen molar-refractivity contribution in [2.45, 2.75) is 18.9 Å². The highest BCUT2D eigenvalue weighted by Crippen LogP contribution is 2.27. The lowest BCUT2D eigenvalue weighted by Crippen LogP contribution is -2.35. The van der Waals surface area contributed by atoms with E-state index in [0.29, 0.717) is 0 Å². The number of anilines is 1. The largest absolute Gasteiger partial charge is 0.399 e.